The molecule has 0 bridgehead atoms. The molecule has 1 aromatic heterocycles. The zero-order valence-corrected chi connectivity index (χ0v) is 10.9. The van der Waals surface area contributed by atoms with Gasteiger partial charge in [-0.25, -0.2) is 9.97 Å². The first-order valence-corrected chi connectivity index (χ1v) is 6.56. The van der Waals surface area contributed by atoms with Gasteiger partial charge in [0.05, 0.1) is 0 Å². The van der Waals surface area contributed by atoms with Gasteiger partial charge in [-0.05, 0) is 45.8 Å². The van der Waals surface area contributed by atoms with Crippen molar-refractivity contribution in [1.82, 2.24) is 14.9 Å². The van der Waals surface area contributed by atoms with Crippen LogP contribution < -0.4 is 4.90 Å². The molecule has 2 heterocycles. The topological polar surface area (TPSA) is 32.3 Å². The van der Waals surface area contributed by atoms with Gasteiger partial charge in [-0.1, -0.05) is 0 Å². The summed E-state index contributed by atoms with van der Waals surface area (Å²) in [6.45, 7) is 9.82. The van der Waals surface area contributed by atoms with Gasteiger partial charge in [0.2, 0.25) is 5.95 Å². The van der Waals surface area contributed by atoms with Gasteiger partial charge in [-0.15, -0.1) is 0 Å². The van der Waals surface area contributed by atoms with Crippen molar-refractivity contribution in [3.05, 3.63) is 18.0 Å². The third-order valence-electron chi connectivity index (χ3n) is 3.33. The van der Waals surface area contributed by atoms with Crippen molar-refractivity contribution in [2.45, 2.75) is 26.7 Å². The highest BCUT2D eigenvalue weighted by Gasteiger charge is 2.13. The Hall–Kier alpha value is -1.16. The summed E-state index contributed by atoms with van der Waals surface area (Å²) in [6, 6.07) is 1.94. The lowest BCUT2D eigenvalue weighted by Crippen LogP contribution is -2.34. The summed E-state index contributed by atoms with van der Waals surface area (Å²) < 4.78 is 0. The first kappa shape index (κ1) is 12.3. The van der Waals surface area contributed by atoms with E-state index in [9.17, 15) is 0 Å². The minimum atomic E-state index is 0.867. The van der Waals surface area contributed by atoms with Gasteiger partial charge in [-0.2, -0.15) is 0 Å². The Morgan fingerprint density at radius 2 is 2.12 bits per heavy atom. The molecule has 0 N–H and O–H groups in total. The van der Waals surface area contributed by atoms with Crippen LogP contribution in [0.4, 0.5) is 5.95 Å². The van der Waals surface area contributed by atoms with Gasteiger partial charge in [0.15, 0.2) is 0 Å². The average Bonchev–Trinajstić information content (AvgIpc) is 2.83. The molecule has 2 rings (SSSR count). The van der Waals surface area contributed by atoms with Gasteiger partial charge in [0.1, 0.15) is 0 Å². The summed E-state index contributed by atoms with van der Waals surface area (Å²) in [6.07, 6.45) is 4.55. The summed E-state index contributed by atoms with van der Waals surface area (Å²) in [5.41, 5.74) is 1.04. The van der Waals surface area contributed by atoms with Crippen LogP contribution in [0.5, 0.6) is 0 Å². The molecule has 94 valence electrons. The second-order valence-corrected chi connectivity index (χ2v) is 4.63. The van der Waals surface area contributed by atoms with E-state index in [-0.39, 0.29) is 0 Å². The zero-order chi connectivity index (χ0) is 12.1. The third-order valence-corrected chi connectivity index (χ3v) is 3.33. The van der Waals surface area contributed by atoms with Crippen molar-refractivity contribution in [3.63, 3.8) is 0 Å². The molecule has 0 saturated carbocycles. The molecule has 1 aliphatic heterocycles. The Balaban J connectivity index is 1.91. The number of aryl methyl sites for hydroxylation is 1. The number of likely N-dealkylation sites (tertiary alicyclic amines) is 1. The molecule has 1 aromatic rings. The molecule has 1 fully saturated rings. The number of likely N-dealkylation sites (N-methyl/N-ethyl adjacent to an activating group) is 1. The normalized spacial score (nSPS) is 16.4. The number of hydrogen-bond acceptors (Lipinski definition) is 4. The van der Waals surface area contributed by atoms with Crippen molar-refractivity contribution >= 4 is 5.95 Å². The Bertz CT molecular complexity index is 347. The molecule has 17 heavy (non-hydrogen) atoms. The van der Waals surface area contributed by atoms with Crippen LogP contribution in [-0.4, -0.2) is 47.6 Å². The van der Waals surface area contributed by atoms with Crippen LogP contribution in [0.25, 0.3) is 0 Å². The molecule has 0 aromatic carbocycles. The van der Waals surface area contributed by atoms with E-state index in [0.29, 0.717) is 0 Å². The van der Waals surface area contributed by atoms with E-state index in [0.717, 1.165) is 31.3 Å². The maximum absolute atomic E-state index is 4.49. The monoisotopic (exact) mass is 234 g/mol. The van der Waals surface area contributed by atoms with Crippen molar-refractivity contribution in [2.75, 3.05) is 37.6 Å². The smallest absolute Gasteiger partial charge is 0.225 e. The maximum Gasteiger partial charge on any atom is 0.225 e. The van der Waals surface area contributed by atoms with E-state index >= 15 is 0 Å². The summed E-state index contributed by atoms with van der Waals surface area (Å²) in [7, 11) is 0. The Kier molecular flexibility index (Phi) is 4.31. The van der Waals surface area contributed by atoms with Crippen LogP contribution in [0.1, 0.15) is 25.5 Å². The highest BCUT2D eigenvalue weighted by molar-refractivity contribution is 5.29. The highest BCUT2D eigenvalue weighted by Crippen LogP contribution is 2.10. The van der Waals surface area contributed by atoms with Crippen LogP contribution >= 0.6 is 0 Å². The van der Waals surface area contributed by atoms with E-state index in [1.54, 1.807) is 0 Å². The fraction of sp³-hybridized carbons (Fsp3) is 0.692. The van der Waals surface area contributed by atoms with E-state index in [4.69, 9.17) is 0 Å². The van der Waals surface area contributed by atoms with Crippen LogP contribution in [0.2, 0.25) is 0 Å². The number of aromatic nitrogens is 2. The molecule has 0 atom stereocenters. The maximum atomic E-state index is 4.49. The largest absolute Gasteiger partial charge is 0.340 e. The Morgan fingerprint density at radius 3 is 2.76 bits per heavy atom. The Morgan fingerprint density at radius 1 is 1.35 bits per heavy atom. The van der Waals surface area contributed by atoms with Crippen molar-refractivity contribution in [2.24, 2.45) is 0 Å². The molecule has 0 spiro atoms. The molecular formula is C13H22N4. The predicted molar refractivity (Wildman–Crippen MR) is 70.3 cm³/mol. The van der Waals surface area contributed by atoms with Crippen LogP contribution in [-0.2, 0) is 0 Å². The van der Waals surface area contributed by atoms with Crippen molar-refractivity contribution in [3.8, 4) is 0 Å². The highest BCUT2D eigenvalue weighted by atomic mass is 15.3. The summed E-state index contributed by atoms with van der Waals surface area (Å²) in [5, 5.41) is 0. The molecule has 1 aliphatic rings. The van der Waals surface area contributed by atoms with E-state index in [1.807, 2.05) is 19.2 Å². The van der Waals surface area contributed by atoms with Crippen LogP contribution in [0.3, 0.4) is 0 Å². The quantitative estimate of drug-likeness (QED) is 0.776. The van der Waals surface area contributed by atoms with Gasteiger partial charge in [0, 0.05) is 31.5 Å². The number of nitrogens with zero attached hydrogens (tertiary/aromatic N) is 4. The van der Waals surface area contributed by atoms with Crippen LogP contribution in [0.15, 0.2) is 12.3 Å². The average molecular weight is 234 g/mol. The van der Waals surface area contributed by atoms with Gasteiger partial charge in [0.25, 0.3) is 0 Å². The first-order valence-electron chi connectivity index (χ1n) is 6.56. The fourth-order valence-electron chi connectivity index (χ4n) is 2.26. The summed E-state index contributed by atoms with van der Waals surface area (Å²) in [4.78, 5) is 13.6. The molecule has 4 heteroatoms. The number of anilines is 1. The molecule has 0 amide bonds. The number of hydrogen-bond donors (Lipinski definition) is 0. The van der Waals surface area contributed by atoms with Gasteiger partial charge in [-0.3, -0.25) is 0 Å². The lowest BCUT2D eigenvalue weighted by Gasteiger charge is -2.24. The summed E-state index contributed by atoms with van der Waals surface area (Å²) >= 11 is 0. The van der Waals surface area contributed by atoms with E-state index < -0.39 is 0 Å². The fourth-order valence-corrected chi connectivity index (χ4v) is 2.26. The molecule has 4 nitrogen and oxygen atoms in total. The molecule has 0 unspecified atom stereocenters. The van der Waals surface area contributed by atoms with Gasteiger partial charge < -0.3 is 9.80 Å². The lowest BCUT2D eigenvalue weighted by molar-refractivity contribution is 0.344. The number of rotatable bonds is 5. The third kappa shape index (κ3) is 3.40. The SMILES string of the molecule is CCN(CCN1CCCC1)c1nccc(C)n1. The van der Waals surface area contributed by atoms with E-state index in [2.05, 4.69) is 26.7 Å². The second kappa shape index (κ2) is 5.96. The second-order valence-electron chi connectivity index (χ2n) is 4.63. The molecular weight excluding hydrogens is 212 g/mol. The van der Waals surface area contributed by atoms with Crippen molar-refractivity contribution in [1.29, 1.82) is 0 Å². The van der Waals surface area contributed by atoms with E-state index in [1.165, 1.54) is 25.9 Å². The zero-order valence-electron chi connectivity index (χ0n) is 10.9. The summed E-state index contributed by atoms with van der Waals surface area (Å²) in [5.74, 6) is 0.867. The minimum Gasteiger partial charge on any atom is -0.340 e. The molecule has 0 aliphatic carbocycles. The molecule has 1 saturated heterocycles. The predicted octanol–water partition coefficient (Wildman–Crippen LogP) is 1.71. The minimum absolute atomic E-state index is 0.867. The lowest BCUT2D eigenvalue weighted by atomic mass is 10.4. The first-order chi connectivity index (χ1) is 8.29. The van der Waals surface area contributed by atoms with Gasteiger partial charge >= 0.3 is 0 Å². The van der Waals surface area contributed by atoms with Crippen molar-refractivity contribution < 1.29 is 0 Å². The Labute approximate surface area is 104 Å². The molecule has 0 radical (unpaired) electrons. The van der Waals surface area contributed by atoms with Crippen LogP contribution in [0, 0.1) is 6.92 Å². The standard InChI is InChI=1S/C13H22N4/c1-3-17(11-10-16-8-4-5-9-16)13-14-7-6-12(2)15-13/h6-7H,3-5,8-11H2,1-2H3.